The first-order valence-electron chi connectivity index (χ1n) is 9.04. The number of nitrogens with one attached hydrogen (secondary N) is 1. The highest BCUT2D eigenvalue weighted by Crippen LogP contribution is 2.30. The van der Waals surface area contributed by atoms with Gasteiger partial charge in [-0.25, -0.2) is 4.98 Å². The molecule has 0 aliphatic rings. The van der Waals surface area contributed by atoms with Crippen molar-refractivity contribution in [1.29, 1.82) is 0 Å². The van der Waals surface area contributed by atoms with Crippen LogP contribution < -0.4 is 10.1 Å². The summed E-state index contributed by atoms with van der Waals surface area (Å²) in [4.78, 5) is 17.2. The number of amides is 1. The smallest absolute Gasteiger partial charge is 0.293 e. The molecule has 0 saturated heterocycles. The minimum atomic E-state index is -0.345. The fourth-order valence-corrected chi connectivity index (χ4v) is 3.99. The third-order valence-electron chi connectivity index (χ3n) is 4.72. The van der Waals surface area contributed by atoms with E-state index in [1.165, 1.54) is 16.7 Å². The van der Waals surface area contributed by atoms with Crippen molar-refractivity contribution in [3.8, 4) is 17.0 Å². The van der Waals surface area contributed by atoms with Gasteiger partial charge in [0, 0.05) is 16.3 Å². The van der Waals surface area contributed by atoms with Gasteiger partial charge in [0.1, 0.15) is 0 Å². The van der Waals surface area contributed by atoms with Crippen molar-refractivity contribution in [2.24, 2.45) is 0 Å². The Kier molecular flexibility index (Phi) is 4.26. The molecule has 0 spiro atoms. The minimum Gasteiger partial charge on any atom is -0.493 e. The summed E-state index contributed by atoms with van der Waals surface area (Å²) >= 11 is 1.38. The summed E-state index contributed by atoms with van der Waals surface area (Å²) in [7, 11) is 1.57. The summed E-state index contributed by atoms with van der Waals surface area (Å²) in [6, 6.07) is 21.6. The van der Waals surface area contributed by atoms with Crippen LogP contribution in [0.2, 0.25) is 0 Å². The van der Waals surface area contributed by atoms with Crippen LogP contribution in [-0.2, 0) is 0 Å². The van der Waals surface area contributed by atoms with Crippen LogP contribution in [0.3, 0.4) is 0 Å². The lowest BCUT2D eigenvalue weighted by atomic mass is 10.1. The summed E-state index contributed by atoms with van der Waals surface area (Å²) in [5.74, 6) is 0.462. The summed E-state index contributed by atoms with van der Waals surface area (Å²) in [5, 5.41) is 8.41. The summed E-state index contributed by atoms with van der Waals surface area (Å²) in [5.41, 5.74) is 2.38. The summed E-state index contributed by atoms with van der Waals surface area (Å²) in [6.07, 6.45) is 0. The van der Waals surface area contributed by atoms with E-state index in [2.05, 4.69) is 34.6 Å². The molecule has 5 nitrogen and oxygen atoms in total. The molecule has 0 atom stereocenters. The average molecular weight is 400 g/mol. The quantitative estimate of drug-likeness (QED) is 0.404. The highest BCUT2D eigenvalue weighted by atomic mass is 32.1. The lowest BCUT2D eigenvalue weighted by Gasteiger charge is -2.01. The predicted octanol–water partition coefficient (Wildman–Crippen LogP) is 5.97. The number of furan rings is 1. The number of para-hydroxylation sites is 1. The van der Waals surface area contributed by atoms with Gasteiger partial charge in [0.2, 0.25) is 0 Å². The number of hydrogen-bond donors (Lipinski definition) is 1. The number of methoxy groups -OCH3 is 1. The Labute approximate surface area is 170 Å². The first kappa shape index (κ1) is 17.5. The molecule has 5 aromatic rings. The zero-order valence-electron chi connectivity index (χ0n) is 15.5. The largest absolute Gasteiger partial charge is 0.493 e. The second-order valence-corrected chi connectivity index (χ2v) is 7.40. The first-order valence-corrected chi connectivity index (χ1v) is 9.92. The molecule has 0 aliphatic carbocycles. The Morgan fingerprint density at radius 2 is 1.83 bits per heavy atom. The lowest BCUT2D eigenvalue weighted by molar-refractivity contribution is 0.0998. The Hall–Kier alpha value is -3.64. The van der Waals surface area contributed by atoms with E-state index in [0.717, 1.165) is 22.0 Å². The van der Waals surface area contributed by atoms with Crippen LogP contribution in [0.25, 0.3) is 33.0 Å². The molecule has 142 valence electrons. The van der Waals surface area contributed by atoms with Gasteiger partial charge >= 0.3 is 0 Å². The van der Waals surface area contributed by atoms with Crippen LogP contribution in [0.1, 0.15) is 10.6 Å². The van der Waals surface area contributed by atoms with Gasteiger partial charge in [-0.2, -0.15) is 0 Å². The third kappa shape index (κ3) is 3.23. The Balaban J connectivity index is 1.40. The number of benzene rings is 3. The van der Waals surface area contributed by atoms with Crippen molar-refractivity contribution in [1.82, 2.24) is 4.98 Å². The summed E-state index contributed by atoms with van der Waals surface area (Å²) in [6.45, 7) is 0. The molecule has 5 rings (SSSR count). The molecule has 0 unspecified atom stereocenters. The van der Waals surface area contributed by atoms with Gasteiger partial charge in [0.05, 0.1) is 12.8 Å². The van der Waals surface area contributed by atoms with Gasteiger partial charge < -0.3 is 9.15 Å². The highest BCUT2D eigenvalue weighted by Gasteiger charge is 2.16. The highest BCUT2D eigenvalue weighted by molar-refractivity contribution is 7.14. The van der Waals surface area contributed by atoms with E-state index in [0.29, 0.717) is 16.5 Å². The van der Waals surface area contributed by atoms with E-state index in [1.54, 1.807) is 19.2 Å². The van der Waals surface area contributed by atoms with Crippen LogP contribution >= 0.6 is 11.3 Å². The maximum Gasteiger partial charge on any atom is 0.293 e. The fraction of sp³-hybridized carbons (Fsp3) is 0.0435. The van der Waals surface area contributed by atoms with Crippen molar-refractivity contribution >= 4 is 44.1 Å². The molecular formula is C23H16N2O3S. The second kappa shape index (κ2) is 7.07. The first-order chi connectivity index (χ1) is 14.2. The molecule has 0 bridgehead atoms. The van der Waals surface area contributed by atoms with Crippen LogP contribution in [0.15, 0.2) is 76.5 Å². The Bertz CT molecular complexity index is 1350. The molecule has 2 heterocycles. The van der Waals surface area contributed by atoms with Crippen molar-refractivity contribution < 1.29 is 13.9 Å². The molecule has 2 aromatic heterocycles. The maximum absolute atomic E-state index is 12.6. The number of carbonyl (C=O) groups excluding carboxylic acids is 1. The Morgan fingerprint density at radius 3 is 2.69 bits per heavy atom. The average Bonchev–Trinajstić information content (AvgIpc) is 3.40. The molecular weight excluding hydrogens is 384 g/mol. The lowest BCUT2D eigenvalue weighted by Crippen LogP contribution is -2.10. The number of ether oxygens (including phenoxy) is 1. The zero-order valence-corrected chi connectivity index (χ0v) is 16.3. The number of fused-ring (bicyclic) bond motifs is 2. The van der Waals surface area contributed by atoms with Crippen molar-refractivity contribution in [3.05, 3.63) is 77.9 Å². The standard InChI is InChI=1S/C23H16N2O3S/c1-27-19-8-4-7-17-12-20(28-21(17)19)22(26)25-23-24-18(13-29-23)16-10-9-14-5-2-3-6-15(14)11-16/h2-13H,1H3,(H,24,25,26). The van der Waals surface area contributed by atoms with Crippen LogP contribution in [0.5, 0.6) is 5.75 Å². The van der Waals surface area contributed by atoms with E-state index in [1.807, 2.05) is 35.7 Å². The van der Waals surface area contributed by atoms with E-state index in [9.17, 15) is 4.79 Å². The predicted molar refractivity (Wildman–Crippen MR) is 116 cm³/mol. The number of thiazole rings is 1. The van der Waals surface area contributed by atoms with Crippen LogP contribution in [0.4, 0.5) is 5.13 Å². The molecule has 0 aliphatic heterocycles. The maximum atomic E-state index is 12.6. The van der Waals surface area contributed by atoms with E-state index < -0.39 is 0 Å². The van der Waals surface area contributed by atoms with Gasteiger partial charge in [0.25, 0.3) is 5.91 Å². The zero-order chi connectivity index (χ0) is 19.8. The van der Waals surface area contributed by atoms with Gasteiger partial charge in [-0.15, -0.1) is 11.3 Å². The monoisotopic (exact) mass is 400 g/mol. The molecule has 6 heteroatoms. The molecule has 1 amide bonds. The number of carbonyl (C=O) groups is 1. The van der Waals surface area contributed by atoms with E-state index >= 15 is 0 Å². The molecule has 1 N–H and O–H groups in total. The minimum absolute atomic E-state index is 0.215. The molecule has 3 aromatic carbocycles. The molecule has 0 radical (unpaired) electrons. The summed E-state index contributed by atoms with van der Waals surface area (Å²) < 4.78 is 11.0. The number of nitrogens with zero attached hydrogens (tertiary/aromatic N) is 1. The number of hydrogen-bond acceptors (Lipinski definition) is 5. The normalized spacial score (nSPS) is 11.1. The van der Waals surface area contributed by atoms with Gasteiger partial charge in [0.15, 0.2) is 22.2 Å². The van der Waals surface area contributed by atoms with Gasteiger partial charge in [-0.05, 0) is 29.0 Å². The van der Waals surface area contributed by atoms with Crippen molar-refractivity contribution in [3.63, 3.8) is 0 Å². The number of rotatable bonds is 4. The second-order valence-electron chi connectivity index (χ2n) is 6.54. The van der Waals surface area contributed by atoms with Gasteiger partial charge in [-0.1, -0.05) is 48.5 Å². The van der Waals surface area contributed by atoms with Crippen LogP contribution in [0, 0.1) is 0 Å². The van der Waals surface area contributed by atoms with E-state index in [-0.39, 0.29) is 11.7 Å². The van der Waals surface area contributed by atoms with Crippen molar-refractivity contribution in [2.75, 3.05) is 12.4 Å². The molecule has 29 heavy (non-hydrogen) atoms. The Morgan fingerprint density at radius 1 is 1.00 bits per heavy atom. The molecule has 0 fully saturated rings. The van der Waals surface area contributed by atoms with Gasteiger partial charge in [-0.3, -0.25) is 10.1 Å². The fourth-order valence-electron chi connectivity index (χ4n) is 3.28. The number of anilines is 1. The van der Waals surface area contributed by atoms with Crippen molar-refractivity contribution in [2.45, 2.75) is 0 Å². The SMILES string of the molecule is COc1cccc2cc(C(=O)Nc3nc(-c4ccc5ccccc5c4)cs3)oc12. The van der Waals surface area contributed by atoms with E-state index in [4.69, 9.17) is 9.15 Å². The third-order valence-corrected chi connectivity index (χ3v) is 5.48. The molecule has 0 saturated carbocycles. The van der Waals surface area contributed by atoms with Crippen LogP contribution in [-0.4, -0.2) is 18.0 Å². The number of aromatic nitrogens is 1. The topological polar surface area (TPSA) is 64.4 Å².